The minimum Gasteiger partial charge on any atom is -0.396 e. The molecule has 0 spiro atoms. The molecule has 0 aliphatic carbocycles. The maximum atomic E-state index is 9.52. The van der Waals surface area contributed by atoms with Crippen molar-refractivity contribution in [3.05, 3.63) is 0 Å². The Bertz CT molecular complexity index is 383. The van der Waals surface area contributed by atoms with Gasteiger partial charge in [0.25, 0.3) is 0 Å². The third-order valence-corrected chi connectivity index (χ3v) is 6.71. The van der Waals surface area contributed by atoms with E-state index < -0.39 is 0 Å². The number of aliphatic hydroxyl groups is 1. The largest absolute Gasteiger partial charge is 0.396 e. The van der Waals surface area contributed by atoms with Crippen molar-refractivity contribution in [2.24, 2.45) is 10.9 Å². The Morgan fingerprint density at radius 3 is 1.40 bits per heavy atom. The van der Waals surface area contributed by atoms with Crippen LogP contribution in [0.1, 0.15) is 142 Å². The third-order valence-electron chi connectivity index (χ3n) is 6.71. The summed E-state index contributed by atoms with van der Waals surface area (Å²) in [5.41, 5.74) is 0. The molecule has 0 fully saturated rings. The zero-order valence-electron chi connectivity index (χ0n) is 20.4. The van der Waals surface area contributed by atoms with Crippen molar-refractivity contribution >= 4 is 5.84 Å². The molecule has 30 heavy (non-hydrogen) atoms. The molecule has 0 aromatic rings. The van der Waals surface area contributed by atoms with E-state index in [1.807, 2.05) is 0 Å². The number of rotatable bonds is 23. The van der Waals surface area contributed by atoms with E-state index in [9.17, 15) is 5.11 Å². The molecule has 1 heterocycles. The number of aliphatic hydroxyl groups excluding tert-OH is 1. The van der Waals surface area contributed by atoms with E-state index in [1.165, 1.54) is 128 Å². The van der Waals surface area contributed by atoms with E-state index in [0.29, 0.717) is 0 Å². The summed E-state index contributed by atoms with van der Waals surface area (Å²) in [7, 11) is 0. The molecule has 0 aromatic carbocycles. The SMILES string of the molecule is CCCCCCCCCCCCCCCCCCCCCCC(CO)C1=NCCN1. The Balaban J connectivity index is 1.71. The Morgan fingerprint density at radius 1 is 0.667 bits per heavy atom. The molecule has 0 saturated carbocycles. The molecule has 178 valence electrons. The molecule has 0 amide bonds. The third kappa shape index (κ3) is 16.2. The van der Waals surface area contributed by atoms with Crippen molar-refractivity contribution in [1.82, 2.24) is 5.32 Å². The molecule has 1 aliphatic heterocycles. The molecule has 0 bridgehead atoms. The number of amidine groups is 1. The van der Waals surface area contributed by atoms with Crippen LogP contribution >= 0.6 is 0 Å². The van der Waals surface area contributed by atoms with Crippen molar-refractivity contribution in [2.45, 2.75) is 142 Å². The molecule has 1 aliphatic rings. The van der Waals surface area contributed by atoms with E-state index in [-0.39, 0.29) is 12.5 Å². The van der Waals surface area contributed by atoms with Gasteiger partial charge in [-0.15, -0.1) is 0 Å². The van der Waals surface area contributed by atoms with Gasteiger partial charge in [-0.25, -0.2) is 0 Å². The van der Waals surface area contributed by atoms with Crippen LogP contribution in [0.4, 0.5) is 0 Å². The summed E-state index contributed by atoms with van der Waals surface area (Å²) in [6.45, 7) is 4.37. The predicted molar refractivity (Wildman–Crippen MR) is 134 cm³/mol. The van der Waals surface area contributed by atoms with Gasteiger partial charge in [0.05, 0.1) is 13.2 Å². The zero-order chi connectivity index (χ0) is 21.5. The summed E-state index contributed by atoms with van der Waals surface area (Å²) in [5.74, 6) is 1.30. The lowest BCUT2D eigenvalue weighted by molar-refractivity contribution is 0.251. The van der Waals surface area contributed by atoms with Gasteiger partial charge >= 0.3 is 0 Å². The second-order valence-corrected chi connectivity index (χ2v) is 9.58. The number of aliphatic imine (C=N–C) groups is 1. The molecule has 0 aromatic heterocycles. The van der Waals surface area contributed by atoms with Crippen molar-refractivity contribution in [3.63, 3.8) is 0 Å². The van der Waals surface area contributed by atoms with Crippen molar-refractivity contribution in [1.29, 1.82) is 0 Å². The first-order valence-corrected chi connectivity index (χ1v) is 13.8. The van der Waals surface area contributed by atoms with Gasteiger partial charge in [-0.1, -0.05) is 135 Å². The second kappa shape index (κ2) is 21.7. The van der Waals surface area contributed by atoms with Crippen LogP contribution in [0.2, 0.25) is 0 Å². The number of nitrogens with zero attached hydrogens (tertiary/aromatic N) is 1. The molecule has 1 unspecified atom stereocenters. The number of nitrogens with one attached hydrogen (secondary N) is 1. The molecule has 0 saturated heterocycles. The molecular weight excluding hydrogens is 368 g/mol. The lowest BCUT2D eigenvalue weighted by atomic mass is 9.99. The highest BCUT2D eigenvalue weighted by molar-refractivity contribution is 5.85. The first kappa shape index (κ1) is 27.5. The Hall–Kier alpha value is -0.570. The molecule has 3 heteroatoms. The summed E-state index contributed by atoms with van der Waals surface area (Å²) in [6, 6.07) is 0. The van der Waals surface area contributed by atoms with Gasteiger partial charge in [0.15, 0.2) is 0 Å². The summed E-state index contributed by atoms with van der Waals surface area (Å²) in [6.07, 6.45) is 29.5. The van der Waals surface area contributed by atoms with Crippen LogP contribution < -0.4 is 5.32 Å². The van der Waals surface area contributed by atoms with Gasteiger partial charge in [0.2, 0.25) is 0 Å². The summed E-state index contributed by atoms with van der Waals surface area (Å²) < 4.78 is 0. The fourth-order valence-electron chi connectivity index (χ4n) is 4.65. The van der Waals surface area contributed by atoms with Crippen LogP contribution in [-0.4, -0.2) is 30.6 Å². The van der Waals surface area contributed by atoms with Crippen LogP contribution in [0.15, 0.2) is 4.99 Å². The van der Waals surface area contributed by atoms with Crippen LogP contribution in [-0.2, 0) is 0 Å². The molecule has 3 nitrogen and oxygen atoms in total. The standard InChI is InChI=1S/C27H54N2O/c1-2-3-4-5-6-7-8-9-10-11-12-13-14-15-16-17-18-19-20-21-22-26(25-30)27-28-23-24-29-27/h26,30H,2-25H2,1H3,(H,28,29). The fourth-order valence-corrected chi connectivity index (χ4v) is 4.65. The fraction of sp³-hybridized carbons (Fsp3) is 0.963. The van der Waals surface area contributed by atoms with Gasteiger partial charge < -0.3 is 10.4 Å². The van der Waals surface area contributed by atoms with Crippen LogP contribution in [0.3, 0.4) is 0 Å². The molecule has 2 N–H and O–H groups in total. The van der Waals surface area contributed by atoms with Gasteiger partial charge in [-0.2, -0.15) is 0 Å². The maximum absolute atomic E-state index is 9.52. The predicted octanol–water partition coefficient (Wildman–Crippen LogP) is 7.81. The van der Waals surface area contributed by atoms with E-state index in [2.05, 4.69) is 17.2 Å². The highest BCUT2D eigenvalue weighted by atomic mass is 16.3. The normalized spacial score (nSPS) is 14.7. The second-order valence-electron chi connectivity index (χ2n) is 9.58. The topological polar surface area (TPSA) is 44.6 Å². The average molecular weight is 423 g/mol. The molecule has 1 rings (SSSR count). The Morgan fingerprint density at radius 2 is 1.07 bits per heavy atom. The smallest absolute Gasteiger partial charge is 0.102 e. The van der Waals surface area contributed by atoms with Gasteiger partial charge in [0.1, 0.15) is 5.84 Å². The maximum Gasteiger partial charge on any atom is 0.102 e. The van der Waals surface area contributed by atoms with Crippen LogP contribution in [0.25, 0.3) is 0 Å². The monoisotopic (exact) mass is 422 g/mol. The van der Waals surface area contributed by atoms with E-state index in [1.54, 1.807) is 0 Å². The first-order chi connectivity index (χ1) is 14.9. The van der Waals surface area contributed by atoms with Crippen molar-refractivity contribution < 1.29 is 5.11 Å². The van der Waals surface area contributed by atoms with Gasteiger partial charge in [-0.05, 0) is 6.42 Å². The quantitative estimate of drug-likeness (QED) is 0.165. The highest BCUT2D eigenvalue weighted by Crippen LogP contribution is 2.16. The van der Waals surface area contributed by atoms with E-state index in [0.717, 1.165) is 25.3 Å². The minimum absolute atomic E-state index is 0.241. The first-order valence-electron chi connectivity index (χ1n) is 13.8. The van der Waals surface area contributed by atoms with Crippen molar-refractivity contribution in [3.8, 4) is 0 Å². The lowest BCUT2D eigenvalue weighted by Gasteiger charge is -2.14. The molecule has 0 radical (unpaired) electrons. The van der Waals surface area contributed by atoms with Gasteiger partial charge in [0, 0.05) is 12.5 Å². The lowest BCUT2D eigenvalue weighted by Crippen LogP contribution is -2.29. The van der Waals surface area contributed by atoms with E-state index >= 15 is 0 Å². The Labute approximate surface area is 188 Å². The molecule has 1 atom stereocenters. The number of hydrogen-bond acceptors (Lipinski definition) is 3. The number of unbranched alkanes of at least 4 members (excludes halogenated alkanes) is 19. The summed E-state index contributed by atoms with van der Waals surface area (Å²) >= 11 is 0. The average Bonchev–Trinajstić information content (AvgIpc) is 3.29. The Kier molecular flexibility index (Phi) is 19.8. The summed E-state index contributed by atoms with van der Waals surface area (Å²) in [4.78, 5) is 4.46. The molecular formula is C27H54N2O. The number of hydrogen-bond donors (Lipinski definition) is 2. The van der Waals surface area contributed by atoms with Gasteiger partial charge in [-0.3, -0.25) is 4.99 Å². The highest BCUT2D eigenvalue weighted by Gasteiger charge is 2.17. The van der Waals surface area contributed by atoms with Crippen LogP contribution in [0, 0.1) is 5.92 Å². The van der Waals surface area contributed by atoms with Crippen LogP contribution in [0.5, 0.6) is 0 Å². The summed E-state index contributed by atoms with van der Waals surface area (Å²) in [5, 5.41) is 12.8. The zero-order valence-corrected chi connectivity index (χ0v) is 20.4. The minimum atomic E-state index is 0.241. The van der Waals surface area contributed by atoms with E-state index in [4.69, 9.17) is 0 Å². The van der Waals surface area contributed by atoms with Crippen molar-refractivity contribution in [2.75, 3.05) is 19.7 Å².